The number of benzene rings is 1. The molecule has 1 aromatic rings. The van der Waals surface area contributed by atoms with Gasteiger partial charge in [0.05, 0.1) is 18.2 Å². The first-order valence-electron chi connectivity index (χ1n) is 11.0. The standard InChI is InChI=1S/C23H38N4O2/c1-17(2)22(27-14-18(3)29-19(4)15-27)23(28)24-21-8-6-20(7-9-21)16-26-12-10-25(5)11-13-26/h6-9,17-19,22H,10-16H2,1-5H3,(H,24,28). The van der Waals surface area contributed by atoms with Crippen LogP contribution in [0, 0.1) is 5.92 Å². The van der Waals surface area contributed by atoms with Gasteiger partial charge in [-0.25, -0.2) is 0 Å². The van der Waals surface area contributed by atoms with Crippen molar-refractivity contribution >= 4 is 11.6 Å². The highest BCUT2D eigenvalue weighted by Crippen LogP contribution is 2.21. The summed E-state index contributed by atoms with van der Waals surface area (Å²) in [6, 6.07) is 8.19. The van der Waals surface area contributed by atoms with Crippen molar-refractivity contribution in [3.05, 3.63) is 29.8 Å². The predicted octanol–water partition coefficient (Wildman–Crippen LogP) is 2.51. The lowest BCUT2D eigenvalue weighted by Crippen LogP contribution is -2.55. The van der Waals surface area contributed by atoms with Crippen molar-refractivity contribution in [3.8, 4) is 0 Å². The Hall–Kier alpha value is -1.47. The number of nitrogens with one attached hydrogen (secondary N) is 1. The minimum Gasteiger partial charge on any atom is -0.373 e. The fraction of sp³-hybridized carbons (Fsp3) is 0.696. The van der Waals surface area contributed by atoms with E-state index in [-0.39, 0.29) is 30.1 Å². The zero-order valence-electron chi connectivity index (χ0n) is 18.7. The maximum absolute atomic E-state index is 13.1. The molecule has 2 saturated heterocycles. The van der Waals surface area contributed by atoms with Crippen LogP contribution in [0.3, 0.4) is 0 Å². The van der Waals surface area contributed by atoms with E-state index in [0.717, 1.165) is 51.5 Å². The van der Waals surface area contributed by atoms with E-state index in [1.165, 1.54) is 5.56 Å². The van der Waals surface area contributed by atoms with Crippen molar-refractivity contribution in [1.29, 1.82) is 0 Å². The van der Waals surface area contributed by atoms with Crippen LogP contribution in [-0.4, -0.2) is 85.2 Å². The van der Waals surface area contributed by atoms with Crippen LogP contribution >= 0.6 is 0 Å². The molecule has 0 saturated carbocycles. The summed E-state index contributed by atoms with van der Waals surface area (Å²) in [7, 11) is 2.18. The summed E-state index contributed by atoms with van der Waals surface area (Å²) in [6.07, 6.45) is 0.309. The number of piperazine rings is 1. The molecule has 1 N–H and O–H groups in total. The zero-order chi connectivity index (χ0) is 21.0. The first kappa shape index (κ1) is 22.2. The Bertz CT molecular complexity index is 645. The fourth-order valence-electron chi connectivity index (χ4n) is 4.51. The van der Waals surface area contributed by atoms with Gasteiger partial charge in [0.2, 0.25) is 5.91 Å². The Kier molecular flexibility index (Phi) is 7.68. The molecule has 0 bridgehead atoms. The third-order valence-electron chi connectivity index (χ3n) is 5.96. The van der Waals surface area contributed by atoms with Gasteiger partial charge in [0, 0.05) is 51.5 Å². The van der Waals surface area contributed by atoms with Crippen molar-refractivity contribution in [3.63, 3.8) is 0 Å². The number of amides is 1. The summed E-state index contributed by atoms with van der Waals surface area (Å²) in [5.74, 6) is 0.317. The molecule has 0 spiro atoms. The van der Waals surface area contributed by atoms with Gasteiger partial charge in [-0.05, 0) is 44.5 Å². The summed E-state index contributed by atoms with van der Waals surface area (Å²) in [5, 5.41) is 3.15. The van der Waals surface area contributed by atoms with E-state index in [0.29, 0.717) is 0 Å². The molecule has 0 radical (unpaired) electrons. The number of hydrogen-bond donors (Lipinski definition) is 1. The number of likely N-dealkylation sites (N-methyl/N-ethyl adjacent to an activating group) is 1. The molecule has 3 unspecified atom stereocenters. The lowest BCUT2D eigenvalue weighted by atomic mass is 9.99. The Balaban J connectivity index is 1.58. The smallest absolute Gasteiger partial charge is 0.241 e. The third kappa shape index (κ3) is 6.25. The number of carbonyl (C=O) groups is 1. The summed E-state index contributed by atoms with van der Waals surface area (Å²) in [5.41, 5.74) is 2.17. The minimum absolute atomic E-state index is 0.0770. The van der Waals surface area contributed by atoms with Gasteiger partial charge in [0.25, 0.3) is 0 Å². The van der Waals surface area contributed by atoms with Crippen molar-refractivity contribution in [2.45, 2.75) is 52.5 Å². The molecular formula is C23H38N4O2. The Morgan fingerprint density at radius 1 is 1.07 bits per heavy atom. The van der Waals surface area contributed by atoms with Crippen molar-refractivity contribution in [2.75, 3.05) is 51.6 Å². The lowest BCUT2D eigenvalue weighted by molar-refractivity contribution is -0.130. The second-order valence-electron chi connectivity index (χ2n) is 9.17. The van der Waals surface area contributed by atoms with E-state index in [2.05, 4.69) is 66.9 Å². The molecule has 3 rings (SSSR count). The van der Waals surface area contributed by atoms with Crippen LogP contribution in [0.5, 0.6) is 0 Å². The number of nitrogens with zero attached hydrogens (tertiary/aromatic N) is 3. The SMILES string of the molecule is CC1CN(C(C(=O)Nc2ccc(CN3CCN(C)CC3)cc2)C(C)C)CC(C)O1. The van der Waals surface area contributed by atoms with Gasteiger partial charge in [-0.1, -0.05) is 26.0 Å². The van der Waals surface area contributed by atoms with Gasteiger partial charge in [-0.2, -0.15) is 0 Å². The minimum atomic E-state index is -0.145. The second-order valence-corrected chi connectivity index (χ2v) is 9.17. The van der Waals surface area contributed by atoms with Crippen LogP contribution in [0.25, 0.3) is 0 Å². The number of hydrogen-bond acceptors (Lipinski definition) is 5. The van der Waals surface area contributed by atoms with Crippen molar-refractivity contribution in [1.82, 2.24) is 14.7 Å². The molecular weight excluding hydrogens is 364 g/mol. The summed E-state index contributed by atoms with van der Waals surface area (Å²) < 4.78 is 5.85. The molecule has 6 heteroatoms. The number of anilines is 1. The molecule has 162 valence electrons. The summed E-state index contributed by atoms with van der Waals surface area (Å²) in [4.78, 5) is 20.2. The molecule has 2 aliphatic heterocycles. The van der Waals surface area contributed by atoms with E-state index in [4.69, 9.17) is 4.74 Å². The predicted molar refractivity (Wildman–Crippen MR) is 118 cm³/mol. The van der Waals surface area contributed by atoms with Crippen LogP contribution in [0.1, 0.15) is 33.3 Å². The van der Waals surface area contributed by atoms with Gasteiger partial charge in [-0.15, -0.1) is 0 Å². The first-order valence-corrected chi connectivity index (χ1v) is 11.0. The highest BCUT2D eigenvalue weighted by molar-refractivity contribution is 5.95. The molecule has 6 nitrogen and oxygen atoms in total. The van der Waals surface area contributed by atoms with E-state index in [9.17, 15) is 4.79 Å². The summed E-state index contributed by atoms with van der Waals surface area (Å²) in [6.45, 7) is 15.4. The van der Waals surface area contributed by atoms with E-state index in [1.54, 1.807) is 0 Å². The molecule has 0 aliphatic carbocycles. The Morgan fingerprint density at radius 2 is 1.66 bits per heavy atom. The van der Waals surface area contributed by atoms with E-state index in [1.807, 2.05) is 12.1 Å². The van der Waals surface area contributed by atoms with E-state index < -0.39 is 0 Å². The molecule has 2 fully saturated rings. The van der Waals surface area contributed by atoms with Crippen LogP contribution in [0.15, 0.2) is 24.3 Å². The fourth-order valence-corrected chi connectivity index (χ4v) is 4.51. The maximum atomic E-state index is 13.1. The van der Waals surface area contributed by atoms with Crippen LogP contribution in [0.2, 0.25) is 0 Å². The monoisotopic (exact) mass is 402 g/mol. The second kappa shape index (κ2) is 10.0. The highest BCUT2D eigenvalue weighted by atomic mass is 16.5. The Morgan fingerprint density at radius 3 is 2.21 bits per heavy atom. The zero-order valence-corrected chi connectivity index (χ0v) is 18.7. The van der Waals surface area contributed by atoms with Gasteiger partial charge >= 0.3 is 0 Å². The van der Waals surface area contributed by atoms with Crippen molar-refractivity contribution < 1.29 is 9.53 Å². The molecule has 1 aromatic carbocycles. The van der Waals surface area contributed by atoms with Gasteiger partial charge in [-0.3, -0.25) is 14.6 Å². The number of rotatable bonds is 6. The molecule has 0 aromatic heterocycles. The van der Waals surface area contributed by atoms with Gasteiger partial charge in [0.1, 0.15) is 0 Å². The maximum Gasteiger partial charge on any atom is 0.241 e. The topological polar surface area (TPSA) is 48.1 Å². The number of ether oxygens (including phenoxy) is 1. The van der Waals surface area contributed by atoms with Crippen LogP contribution < -0.4 is 5.32 Å². The van der Waals surface area contributed by atoms with Crippen LogP contribution in [-0.2, 0) is 16.1 Å². The third-order valence-corrected chi connectivity index (χ3v) is 5.96. The average molecular weight is 403 g/mol. The van der Waals surface area contributed by atoms with Gasteiger partial charge in [0.15, 0.2) is 0 Å². The molecule has 2 heterocycles. The normalized spacial score (nSPS) is 25.9. The van der Waals surface area contributed by atoms with Crippen LogP contribution in [0.4, 0.5) is 5.69 Å². The summed E-state index contributed by atoms with van der Waals surface area (Å²) >= 11 is 0. The average Bonchev–Trinajstić information content (AvgIpc) is 2.64. The Labute approximate surface area is 176 Å². The number of morpholine rings is 1. The largest absolute Gasteiger partial charge is 0.373 e. The lowest BCUT2D eigenvalue weighted by Gasteiger charge is -2.41. The molecule has 1 amide bonds. The molecule has 2 aliphatic rings. The number of carbonyl (C=O) groups excluding carboxylic acids is 1. The van der Waals surface area contributed by atoms with Gasteiger partial charge < -0.3 is 15.0 Å². The molecule has 29 heavy (non-hydrogen) atoms. The van der Waals surface area contributed by atoms with E-state index >= 15 is 0 Å². The quantitative estimate of drug-likeness (QED) is 0.792. The van der Waals surface area contributed by atoms with Crippen molar-refractivity contribution in [2.24, 2.45) is 5.92 Å². The first-order chi connectivity index (χ1) is 13.8. The molecule has 3 atom stereocenters. The highest BCUT2D eigenvalue weighted by Gasteiger charge is 2.34.